The zero-order valence-electron chi connectivity index (χ0n) is 11.4. The van der Waals surface area contributed by atoms with Gasteiger partial charge in [-0.3, -0.25) is 4.90 Å². The van der Waals surface area contributed by atoms with Gasteiger partial charge in [0.25, 0.3) is 0 Å². The van der Waals surface area contributed by atoms with Crippen molar-refractivity contribution in [2.45, 2.75) is 13.0 Å². The number of aliphatic hydroxyl groups excluding tert-OH is 1. The van der Waals surface area contributed by atoms with Gasteiger partial charge in [0.2, 0.25) is 0 Å². The lowest BCUT2D eigenvalue weighted by Crippen LogP contribution is -2.53. The summed E-state index contributed by atoms with van der Waals surface area (Å²) in [6.07, 6.45) is 1.07. The molecule has 4 nitrogen and oxygen atoms in total. The van der Waals surface area contributed by atoms with Crippen LogP contribution in [-0.2, 0) is 17.7 Å². The summed E-state index contributed by atoms with van der Waals surface area (Å²) in [6, 6.07) is 6.33. The Morgan fingerprint density at radius 3 is 2.84 bits per heavy atom. The first kappa shape index (κ1) is 12.9. The average Bonchev–Trinajstić information content (AvgIpc) is 2.42. The van der Waals surface area contributed by atoms with Crippen LogP contribution >= 0.6 is 0 Å². The van der Waals surface area contributed by atoms with E-state index >= 15 is 0 Å². The molecule has 0 atom stereocenters. The molecular formula is C15H21NO3. The molecule has 1 aromatic carbocycles. The maximum atomic E-state index is 9.52. The van der Waals surface area contributed by atoms with Crippen molar-refractivity contribution >= 4 is 0 Å². The quantitative estimate of drug-likeness (QED) is 0.882. The van der Waals surface area contributed by atoms with E-state index in [1.165, 1.54) is 11.1 Å². The number of fused-ring (bicyclic) bond motifs is 1. The minimum Gasteiger partial charge on any atom is -0.497 e. The van der Waals surface area contributed by atoms with E-state index < -0.39 is 0 Å². The Morgan fingerprint density at radius 2 is 2.21 bits per heavy atom. The summed E-state index contributed by atoms with van der Waals surface area (Å²) in [5, 5.41) is 9.52. The van der Waals surface area contributed by atoms with Gasteiger partial charge in [0, 0.05) is 19.6 Å². The fraction of sp³-hybridized carbons (Fsp3) is 0.600. The minimum atomic E-state index is -0.0314. The second kappa shape index (κ2) is 5.12. The fourth-order valence-corrected chi connectivity index (χ4v) is 2.95. The first-order chi connectivity index (χ1) is 9.24. The molecule has 19 heavy (non-hydrogen) atoms. The van der Waals surface area contributed by atoms with Crippen molar-refractivity contribution in [1.29, 1.82) is 0 Å². The van der Waals surface area contributed by atoms with Crippen molar-refractivity contribution < 1.29 is 14.6 Å². The van der Waals surface area contributed by atoms with Gasteiger partial charge in [0.1, 0.15) is 5.75 Å². The maximum Gasteiger partial charge on any atom is 0.119 e. The first-order valence-corrected chi connectivity index (χ1v) is 6.81. The van der Waals surface area contributed by atoms with E-state index in [4.69, 9.17) is 9.47 Å². The molecule has 0 bridgehead atoms. The van der Waals surface area contributed by atoms with Gasteiger partial charge in [-0.15, -0.1) is 0 Å². The molecule has 3 rings (SSSR count). The summed E-state index contributed by atoms with van der Waals surface area (Å²) in [7, 11) is 1.70. The highest BCUT2D eigenvalue weighted by atomic mass is 16.5. The topological polar surface area (TPSA) is 41.9 Å². The Kier molecular flexibility index (Phi) is 3.48. The van der Waals surface area contributed by atoms with E-state index in [1.54, 1.807) is 7.11 Å². The molecule has 2 aliphatic rings. The van der Waals surface area contributed by atoms with Crippen molar-refractivity contribution in [3.63, 3.8) is 0 Å². The molecule has 1 saturated heterocycles. The SMILES string of the molecule is COc1ccc2c(c1)CN(CC1(CO)COC1)CC2. The molecule has 0 unspecified atom stereocenters. The van der Waals surface area contributed by atoms with Gasteiger partial charge in [-0.2, -0.15) is 0 Å². The third-order valence-electron chi connectivity index (χ3n) is 4.22. The summed E-state index contributed by atoms with van der Waals surface area (Å²) in [6.45, 7) is 4.50. The van der Waals surface area contributed by atoms with E-state index in [0.717, 1.165) is 31.8 Å². The highest BCUT2D eigenvalue weighted by Crippen LogP contribution is 2.31. The fourth-order valence-electron chi connectivity index (χ4n) is 2.95. The van der Waals surface area contributed by atoms with Crippen LogP contribution < -0.4 is 4.74 Å². The van der Waals surface area contributed by atoms with Crippen molar-refractivity contribution in [2.75, 3.05) is 40.0 Å². The number of ether oxygens (including phenoxy) is 2. The number of rotatable bonds is 4. The van der Waals surface area contributed by atoms with Gasteiger partial charge >= 0.3 is 0 Å². The predicted molar refractivity (Wildman–Crippen MR) is 72.3 cm³/mol. The summed E-state index contributed by atoms with van der Waals surface area (Å²) in [4.78, 5) is 2.42. The second-order valence-corrected chi connectivity index (χ2v) is 5.75. The average molecular weight is 263 g/mol. The first-order valence-electron chi connectivity index (χ1n) is 6.81. The summed E-state index contributed by atoms with van der Waals surface area (Å²) < 4.78 is 10.6. The molecule has 0 amide bonds. The van der Waals surface area contributed by atoms with Crippen LogP contribution in [0.25, 0.3) is 0 Å². The van der Waals surface area contributed by atoms with Crippen LogP contribution in [0.3, 0.4) is 0 Å². The van der Waals surface area contributed by atoms with Crippen molar-refractivity contribution in [3.8, 4) is 5.75 Å². The third-order valence-corrected chi connectivity index (χ3v) is 4.22. The van der Waals surface area contributed by atoms with Gasteiger partial charge in [-0.05, 0) is 29.7 Å². The van der Waals surface area contributed by atoms with Gasteiger partial charge in [0.05, 0.1) is 32.3 Å². The molecule has 2 heterocycles. The highest BCUT2D eigenvalue weighted by Gasteiger charge is 2.40. The Bertz CT molecular complexity index is 451. The van der Waals surface area contributed by atoms with E-state index in [-0.39, 0.29) is 12.0 Å². The van der Waals surface area contributed by atoms with Crippen LogP contribution in [-0.4, -0.2) is 50.0 Å². The molecule has 104 valence electrons. The Morgan fingerprint density at radius 1 is 1.37 bits per heavy atom. The monoisotopic (exact) mass is 263 g/mol. The highest BCUT2D eigenvalue weighted by molar-refractivity contribution is 5.37. The van der Waals surface area contributed by atoms with E-state index in [1.807, 2.05) is 6.07 Å². The number of methoxy groups -OCH3 is 1. The zero-order valence-corrected chi connectivity index (χ0v) is 11.4. The molecule has 0 saturated carbocycles. The zero-order chi connectivity index (χ0) is 13.3. The molecular weight excluding hydrogens is 242 g/mol. The lowest BCUT2D eigenvalue weighted by Gasteiger charge is -2.44. The van der Waals surface area contributed by atoms with E-state index in [9.17, 15) is 5.11 Å². The van der Waals surface area contributed by atoms with Crippen LogP contribution in [0.5, 0.6) is 5.75 Å². The molecule has 0 aliphatic carbocycles. The van der Waals surface area contributed by atoms with Crippen LogP contribution in [0.15, 0.2) is 18.2 Å². The molecule has 1 N–H and O–H groups in total. The van der Waals surface area contributed by atoms with Crippen LogP contribution in [0, 0.1) is 5.41 Å². The smallest absolute Gasteiger partial charge is 0.119 e. The largest absolute Gasteiger partial charge is 0.497 e. The Balaban J connectivity index is 1.70. The number of benzene rings is 1. The van der Waals surface area contributed by atoms with Crippen LogP contribution in [0.1, 0.15) is 11.1 Å². The Labute approximate surface area is 113 Å². The van der Waals surface area contributed by atoms with Crippen molar-refractivity contribution in [2.24, 2.45) is 5.41 Å². The molecule has 1 fully saturated rings. The molecule has 1 aromatic rings. The normalized spacial score (nSPS) is 21.6. The van der Waals surface area contributed by atoms with Crippen molar-refractivity contribution in [3.05, 3.63) is 29.3 Å². The molecule has 2 aliphatic heterocycles. The number of hydrogen-bond donors (Lipinski definition) is 1. The molecule has 0 spiro atoms. The summed E-state index contributed by atoms with van der Waals surface area (Å²) in [5.74, 6) is 0.921. The standard InChI is InChI=1S/C15H21NO3/c1-18-14-3-2-12-4-5-16(7-13(12)6-14)8-15(9-17)10-19-11-15/h2-3,6,17H,4-5,7-11H2,1H3. The number of nitrogens with zero attached hydrogens (tertiary/aromatic N) is 1. The van der Waals surface area contributed by atoms with Gasteiger partial charge in [0.15, 0.2) is 0 Å². The molecule has 4 heteroatoms. The Hall–Kier alpha value is -1.10. The molecule has 0 aromatic heterocycles. The summed E-state index contributed by atoms with van der Waals surface area (Å²) >= 11 is 0. The second-order valence-electron chi connectivity index (χ2n) is 5.75. The summed E-state index contributed by atoms with van der Waals surface area (Å²) in [5.41, 5.74) is 2.73. The predicted octanol–water partition coefficient (Wildman–Crippen LogP) is 1.06. The lowest BCUT2D eigenvalue weighted by atomic mass is 9.85. The van der Waals surface area contributed by atoms with Crippen LogP contribution in [0.2, 0.25) is 0 Å². The van der Waals surface area contributed by atoms with Gasteiger partial charge in [-0.25, -0.2) is 0 Å². The maximum absolute atomic E-state index is 9.52. The lowest BCUT2D eigenvalue weighted by molar-refractivity contribution is -0.149. The minimum absolute atomic E-state index is 0.0314. The number of hydrogen-bond acceptors (Lipinski definition) is 4. The van der Waals surface area contributed by atoms with Gasteiger partial charge < -0.3 is 14.6 Å². The van der Waals surface area contributed by atoms with Crippen LogP contribution in [0.4, 0.5) is 0 Å². The number of aliphatic hydroxyl groups is 1. The van der Waals surface area contributed by atoms with E-state index in [0.29, 0.717) is 13.2 Å². The third kappa shape index (κ3) is 2.48. The van der Waals surface area contributed by atoms with E-state index in [2.05, 4.69) is 17.0 Å². The van der Waals surface area contributed by atoms with Crippen molar-refractivity contribution in [1.82, 2.24) is 4.90 Å². The van der Waals surface area contributed by atoms with Gasteiger partial charge in [-0.1, -0.05) is 6.07 Å². The molecule has 0 radical (unpaired) electrons.